The number of nitro groups is 1. The average Bonchev–Trinajstić information content (AvgIpc) is 2.35. The third-order valence-corrected chi connectivity index (χ3v) is 2.87. The van der Waals surface area contributed by atoms with Crippen LogP contribution in [0, 0.1) is 10.1 Å². The van der Waals surface area contributed by atoms with E-state index in [0.29, 0.717) is 0 Å². The van der Waals surface area contributed by atoms with Gasteiger partial charge in [0.25, 0.3) is 0 Å². The first-order valence-corrected chi connectivity index (χ1v) is 4.83. The molecule has 0 N–H and O–H groups in total. The highest BCUT2D eigenvalue weighted by atomic mass is 79.9. The monoisotopic (exact) mass is 247 g/mol. The molecule has 1 heterocycles. The molecule has 0 spiro atoms. The van der Waals surface area contributed by atoms with Crippen LogP contribution in [0.5, 0.6) is 0 Å². The van der Waals surface area contributed by atoms with E-state index in [1.165, 1.54) is 18.3 Å². The highest BCUT2D eigenvalue weighted by Gasteiger charge is 2.02. The van der Waals surface area contributed by atoms with Crippen molar-refractivity contribution in [1.82, 2.24) is 0 Å². The van der Waals surface area contributed by atoms with Crippen LogP contribution >= 0.6 is 27.3 Å². The zero-order valence-corrected chi connectivity index (χ0v) is 8.68. The van der Waals surface area contributed by atoms with E-state index >= 15 is 0 Å². The predicted octanol–water partition coefficient (Wildman–Crippen LogP) is 3.15. The van der Waals surface area contributed by atoms with Crippen LogP contribution in [0.4, 0.5) is 0 Å². The maximum Gasteiger partial charge on any atom is 0.244 e. The molecule has 0 amide bonds. The highest BCUT2D eigenvalue weighted by molar-refractivity contribution is 9.10. The summed E-state index contributed by atoms with van der Waals surface area (Å²) in [7, 11) is 0. The summed E-state index contributed by atoms with van der Waals surface area (Å²) < 4.78 is 0.954. The van der Waals surface area contributed by atoms with Gasteiger partial charge in [-0.15, -0.1) is 11.3 Å². The molecule has 0 radical (unpaired) electrons. The number of thiophene rings is 1. The average molecular weight is 248 g/mol. The number of hydrogen-bond donors (Lipinski definition) is 0. The summed E-state index contributed by atoms with van der Waals surface area (Å²) >= 11 is 4.74. The van der Waals surface area contributed by atoms with E-state index in [4.69, 9.17) is 0 Å². The van der Waals surface area contributed by atoms with Gasteiger partial charge in [0.05, 0.1) is 4.92 Å². The fourth-order valence-corrected chi connectivity index (χ4v) is 2.09. The Morgan fingerprint density at radius 1 is 1.83 bits per heavy atom. The topological polar surface area (TPSA) is 43.1 Å². The Morgan fingerprint density at radius 3 is 2.92 bits per heavy atom. The fourth-order valence-electron chi connectivity index (χ4n) is 0.663. The van der Waals surface area contributed by atoms with E-state index in [-0.39, 0.29) is 5.70 Å². The van der Waals surface area contributed by atoms with E-state index in [1.807, 2.05) is 11.4 Å². The Morgan fingerprint density at radius 2 is 2.50 bits per heavy atom. The predicted molar refractivity (Wildman–Crippen MR) is 52.7 cm³/mol. The van der Waals surface area contributed by atoms with Crippen molar-refractivity contribution in [1.29, 1.82) is 0 Å². The minimum atomic E-state index is -0.395. The summed E-state index contributed by atoms with van der Waals surface area (Å²) in [6, 6.07) is 1.84. The Balaban J connectivity index is 2.87. The number of hydrogen-bond acceptors (Lipinski definition) is 3. The van der Waals surface area contributed by atoms with Gasteiger partial charge >= 0.3 is 0 Å². The Bertz CT molecular complexity index is 332. The third-order valence-electron chi connectivity index (χ3n) is 1.23. The largest absolute Gasteiger partial charge is 0.259 e. The minimum absolute atomic E-state index is 0.157. The molecule has 5 heteroatoms. The van der Waals surface area contributed by atoms with Crippen LogP contribution in [-0.4, -0.2) is 4.92 Å². The van der Waals surface area contributed by atoms with Gasteiger partial charge in [-0.05, 0) is 22.0 Å². The van der Waals surface area contributed by atoms with Crippen LogP contribution < -0.4 is 0 Å². The molecule has 0 saturated carbocycles. The van der Waals surface area contributed by atoms with Gasteiger partial charge in [0, 0.05) is 27.7 Å². The molecule has 1 aromatic rings. The molecule has 0 unspecified atom stereocenters. The summed E-state index contributed by atoms with van der Waals surface area (Å²) in [5.74, 6) is 0. The van der Waals surface area contributed by atoms with Crippen molar-refractivity contribution in [3.05, 3.63) is 36.6 Å². The molecule has 0 aliphatic rings. The SMILES string of the molecule is CC(=Cc1cc(Br)cs1)[N+](=O)[O-]. The first-order chi connectivity index (χ1) is 5.59. The number of allylic oxidation sites excluding steroid dienone is 1. The van der Waals surface area contributed by atoms with Crippen molar-refractivity contribution < 1.29 is 4.92 Å². The summed E-state index contributed by atoms with van der Waals surface area (Å²) in [6.45, 7) is 1.48. The summed E-state index contributed by atoms with van der Waals surface area (Å²) in [6.07, 6.45) is 1.55. The van der Waals surface area contributed by atoms with Gasteiger partial charge in [-0.25, -0.2) is 0 Å². The van der Waals surface area contributed by atoms with E-state index in [9.17, 15) is 10.1 Å². The van der Waals surface area contributed by atoms with Crippen LogP contribution in [-0.2, 0) is 0 Å². The first kappa shape index (κ1) is 9.41. The third kappa shape index (κ3) is 2.42. The van der Waals surface area contributed by atoms with Crippen LogP contribution in [0.15, 0.2) is 21.6 Å². The first-order valence-electron chi connectivity index (χ1n) is 3.16. The molecule has 64 valence electrons. The van der Waals surface area contributed by atoms with Gasteiger partial charge in [-0.3, -0.25) is 10.1 Å². The summed E-state index contributed by atoms with van der Waals surface area (Å²) in [4.78, 5) is 10.7. The molecule has 0 bridgehead atoms. The molecule has 0 atom stereocenters. The molecule has 0 fully saturated rings. The minimum Gasteiger partial charge on any atom is -0.259 e. The van der Waals surface area contributed by atoms with Gasteiger partial charge in [0.15, 0.2) is 0 Å². The zero-order chi connectivity index (χ0) is 9.14. The van der Waals surface area contributed by atoms with Gasteiger partial charge in [0.2, 0.25) is 5.70 Å². The molecule has 1 aromatic heterocycles. The standard InChI is InChI=1S/C7H6BrNO2S/c1-5(9(10)11)2-7-3-6(8)4-12-7/h2-4H,1H3. The van der Waals surface area contributed by atoms with Crippen molar-refractivity contribution in [2.75, 3.05) is 0 Å². The summed E-state index contributed by atoms with van der Waals surface area (Å²) in [5.41, 5.74) is 0.157. The van der Waals surface area contributed by atoms with Crippen LogP contribution in [0.25, 0.3) is 6.08 Å². The molecule has 0 aliphatic carbocycles. The fraction of sp³-hybridized carbons (Fsp3) is 0.143. The molecule has 12 heavy (non-hydrogen) atoms. The number of nitrogens with zero attached hydrogens (tertiary/aromatic N) is 1. The van der Waals surface area contributed by atoms with Gasteiger partial charge in [-0.1, -0.05) is 0 Å². The van der Waals surface area contributed by atoms with Crippen molar-refractivity contribution in [3.63, 3.8) is 0 Å². The van der Waals surface area contributed by atoms with Gasteiger partial charge in [-0.2, -0.15) is 0 Å². The molecular weight excluding hydrogens is 242 g/mol. The second-order valence-electron chi connectivity index (χ2n) is 2.21. The molecule has 3 nitrogen and oxygen atoms in total. The summed E-state index contributed by atoms with van der Waals surface area (Å²) in [5, 5.41) is 12.1. The molecule has 0 saturated heterocycles. The van der Waals surface area contributed by atoms with Crippen LogP contribution in [0.2, 0.25) is 0 Å². The van der Waals surface area contributed by atoms with E-state index in [1.54, 1.807) is 6.08 Å². The van der Waals surface area contributed by atoms with Gasteiger partial charge in [0.1, 0.15) is 0 Å². The van der Waals surface area contributed by atoms with E-state index in [0.717, 1.165) is 9.35 Å². The lowest BCUT2D eigenvalue weighted by Crippen LogP contribution is -1.91. The lowest BCUT2D eigenvalue weighted by molar-refractivity contribution is -0.422. The van der Waals surface area contributed by atoms with Crippen molar-refractivity contribution in [2.45, 2.75) is 6.92 Å². The highest BCUT2D eigenvalue weighted by Crippen LogP contribution is 2.21. The normalized spacial score (nSPS) is 11.7. The molecular formula is C7H6BrNO2S. The lowest BCUT2D eigenvalue weighted by atomic mass is 10.4. The van der Waals surface area contributed by atoms with Crippen LogP contribution in [0.1, 0.15) is 11.8 Å². The smallest absolute Gasteiger partial charge is 0.244 e. The molecule has 1 rings (SSSR count). The molecule has 0 aromatic carbocycles. The van der Waals surface area contributed by atoms with E-state index < -0.39 is 4.92 Å². The van der Waals surface area contributed by atoms with Crippen molar-refractivity contribution >= 4 is 33.3 Å². The van der Waals surface area contributed by atoms with Crippen molar-refractivity contribution in [3.8, 4) is 0 Å². The zero-order valence-electron chi connectivity index (χ0n) is 6.28. The Kier molecular flexibility index (Phi) is 2.99. The number of halogens is 1. The second-order valence-corrected chi connectivity index (χ2v) is 4.07. The maximum absolute atomic E-state index is 10.2. The lowest BCUT2D eigenvalue weighted by Gasteiger charge is -1.86. The maximum atomic E-state index is 10.2. The molecule has 0 aliphatic heterocycles. The second kappa shape index (κ2) is 3.82. The van der Waals surface area contributed by atoms with Crippen LogP contribution in [0.3, 0.4) is 0 Å². The van der Waals surface area contributed by atoms with Crippen molar-refractivity contribution in [2.24, 2.45) is 0 Å². The quantitative estimate of drug-likeness (QED) is 0.596. The Hall–Kier alpha value is -0.680. The number of rotatable bonds is 2. The van der Waals surface area contributed by atoms with Gasteiger partial charge < -0.3 is 0 Å². The van der Waals surface area contributed by atoms with E-state index in [2.05, 4.69) is 15.9 Å². The Labute approximate surface area is 82.0 Å².